The summed E-state index contributed by atoms with van der Waals surface area (Å²) >= 11 is -10.8. The van der Waals surface area contributed by atoms with E-state index in [0.29, 0.717) is 0 Å². The molecule has 0 aliphatic rings. The summed E-state index contributed by atoms with van der Waals surface area (Å²) in [4.78, 5) is 63.3. The zero-order valence-electron chi connectivity index (χ0n) is 7.92. The predicted molar refractivity (Wildman–Crippen MR) is 49.1 cm³/mol. The van der Waals surface area contributed by atoms with Crippen LogP contribution >= 0.6 is 0 Å². The number of nitro groups is 6. The van der Waals surface area contributed by atoms with Gasteiger partial charge in [-0.05, 0) is 0 Å². The van der Waals surface area contributed by atoms with Crippen molar-refractivity contribution in [2.24, 2.45) is 0 Å². The number of hydrogen-bond donors (Lipinski definition) is 0. The molecule has 0 saturated heterocycles. The minimum atomic E-state index is -10.8. The van der Waals surface area contributed by atoms with Crippen molar-refractivity contribution in [3.8, 4) is 0 Å². The van der Waals surface area contributed by atoms with Crippen molar-refractivity contribution in [2.75, 3.05) is 0 Å². The van der Waals surface area contributed by atoms with Gasteiger partial charge in [-0.3, -0.25) is 0 Å². The summed E-state index contributed by atoms with van der Waals surface area (Å²) in [6, 6.07) is 0. The molecule has 0 aromatic heterocycles. The van der Waals surface area contributed by atoms with Gasteiger partial charge in [-0.25, -0.2) is 0 Å². The van der Waals surface area contributed by atoms with Crippen LogP contribution in [0.3, 0.4) is 0 Å². The average molecular weight is 403 g/mol. The molecular weight excluding hydrogens is 402 g/mol. The maximum atomic E-state index is 10.5. The molecule has 0 spiro atoms. The molecule has 0 fully saturated rings. The van der Waals surface area contributed by atoms with Gasteiger partial charge in [0.2, 0.25) is 0 Å². The molecule has 0 aromatic carbocycles. The van der Waals surface area contributed by atoms with Gasteiger partial charge in [0.25, 0.3) is 0 Å². The molecule has 0 aliphatic heterocycles. The predicted octanol–water partition coefficient (Wildman–Crippen LogP) is -2.29. The van der Waals surface area contributed by atoms with Gasteiger partial charge in [0.15, 0.2) is 0 Å². The minimum absolute atomic E-state index is 0. The molecule has 18 nitrogen and oxygen atoms in total. The average Bonchev–Trinajstić information content (AvgIpc) is 2.15. The van der Waals surface area contributed by atoms with Gasteiger partial charge in [0, 0.05) is 0 Å². The first kappa shape index (κ1) is 20.3. The molecule has 0 aliphatic carbocycles. The molecule has 0 unspecified atom stereocenters. The number of rotatable bonds is 6. The Bertz CT molecular complexity index is 431. The molecule has 0 heterocycles. The first-order chi connectivity index (χ1) is 8.34. The van der Waals surface area contributed by atoms with Crippen molar-refractivity contribution in [3.63, 3.8) is 0 Å². The molecule has 113 valence electrons. The third-order valence-corrected chi connectivity index (χ3v) is 9.66. The Balaban J connectivity index is 0. The van der Waals surface area contributed by atoms with E-state index >= 15 is 0 Å². The molecule has 0 aromatic rings. The summed E-state index contributed by atoms with van der Waals surface area (Å²) in [7, 11) is 0. The second-order valence-corrected chi connectivity index (χ2v) is 10.7. The Morgan fingerprint density at radius 1 is 0.450 bits per heavy atom. The van der Waals surface area contributed by atoms with E-state index in [1.807, 2.05) is 0 Å². The number of nitrogens with zero attached hydrogens (tertiary/aromatic N) is 6. The van der Waals surface area contributed by atoms with E-state index in [1.54, 1.807) is 0 Å². The zero-order valence-corrected chi connectivity index (χ0v) is 9.55. The zero-order chi connectivity index (χ0) is 15.9. The van der Waals surface area contributed by atoms with Crippen molar-refractivity contribution in [2.45, 2.75) is 0 Å². The fourth-order valence-corrected chi connectivity index (χ4v) is 3.94. The van der Waals surface area contributed by atoms with E-state index < -0.39 is 35.9 Å². The molecule has 0 radical (unpaired) electrons. The molecule has 0 atom stereocenters. The van der Waals surface area contributed by atoms with Crippen molar-refractivity contribution in [1.29, 1.82) is 0 Å². The van der Waals surface area contributed by atoms with Gasteiger partial charge < -0.3 is 0 Å². The van der Waals surface area contributed by atoms with E-state index in [0.717, 1.165) is 0 Å². The summed E-state index contributed by atoms with van der Waals surface area (Å²) in [6.45, 7) is 0. The Morgan fingerprint density at radius 3 is 0.550 bits per heavy atom. The maximum absolute atomic E-state index is 10.8. The molecule has 20 heteroatoms. The second kappa shape index (κ2) is 4.54. The Hall–Kier alpha value is -1.98. The number of hydrogen-bond acceptors (Lipinski definition) is 12. The van der Waals surface area contributed by atoms with E-state index in [2.05, 4.69) is 0 Å². The van der Waals surface area contributed by atoms with Crippen LogP contribution in [0, 0.1) is 60.7 Å². The standard InChI is InChI=1S/6NO2.Na.Rh.H/c6*2-1-3;;;. The van der Waals surface area contributed by atoms with Gasteiger partial charge in [0.05, 0.1) is 0 Å². The Kier molecular flexibility index (Phi) is 4.62. The van der Waals surface area contributed by atoms with Crippen LogP contribution in [0.5, 0.6) is 0 Å². The van der Waals surface area contributed by atoms with E-state index in [1.165, 1.54) is 0 Å². The first-order valence-corrected chi connectivity index (χ1v) is 7.48. The normalized spacial score (nSPS) is 13.8. The van der Waals surface area contributed by atoms with Crippen molar-refractivity contribution < 1.29 is 35.9 Å². The molecular formula is HN6NaO12Rh. The fourth-order valence-electron chi connectivity index (χ4n) is 0.667. The van der Waals surface area contributed by atoms with Crippen LogP contribution in [-0.4, -0.2) is 51.6 Å². The van der Waals surface area contributed by atoms with Gasteiger partial charge >= 0.3 is 126 Å². The van der Waals surface area contributed by atoms with Gasteiger partial charge in [-0.1, -0.05) is 0 Å². The van der Waals surface area contributed by atoms with Gasteiger partial charge in [-0.2, -0.15) is 0 Å². The molecule has 0 N–H and O–H groups in total. The van der Waals surface area contributed by atoms with Crippen LogP contribution in [0.1, 0.15) is 0 Å². The summed E-state index contributed by atoms with van der Waals surface area (Å²) in [5.74, 6) is 0. The summed E-state index contributed by atoms with van der Waals surface area (Å²) < 4.78 is -19.4. The Morgan fingerprint density at radius 2 is 0.550 bits per heavy atom. The van der Waals surface area contributed by atoms with Crippen molar-refractivity contribution in [1.82, 2.24) is 0 Å². The SMILES string of the molecule is O=[N+]([O-])[Rh]([N+](=O)[O-])([N+](=O)[O-])([N+](=O)[O-])([N+](=O)[O-])[N+](=O)[O-].[NaH]. The van der Waals surface area contributed by atoms with Crippen LogP contribution in [0.25, 0.3) is 0 Å². The van der Waals surface area contributed by atoms with Crippen LogP contribution in [-0.2, 0) is 13.9 Å². The fraction of sp³-hybridized carbons (Fsp3) is 0. The first-order valence-electron chi connectivity index (χ1n) is 3.09. The van der Waals surface area contributed by atoms with Gasteiger partial charge in [-0.15, -0.1) is 0 Å². The molecule has 0 saturated carbocycles. The topological polar surface area (TPSA) is 259 Å². The van der Waals surface area contributed by atoms with Crippen LogP contribution in [0.4, 0.5) is 0 Å². The van der Waals surface area contributed by atoms with Crippen LogP contribution in [0.2, 0.25) is 0 Å². The van der Waals surface area contributed by atoms with E-state index in [4.69, 9.17) is 0 Å². The third-order valence-electron chi connectivity index (χ3n) is 1.63. The molecule has 20 heavy (non-hydrogen) atoms. The molecule has 0 bridgehead atoms. The second-order valence-electron chi connectivity index (χ2n) is 2.18. The summed E-state index contributed by atoms with van der Waals surface area (Å²) in [6.07, 6.45) is 0. The quantitative estimate of drug-likeness (QED) is 0.258. The van der Waals surface area contributed by atoms with E-state index in [-0.39, 0.29) is 29.6 Å². The van der Waals surface area contributed by atoms with Crippen molar-refractivity contribution in [3.05, 3.63) is 60.7 Å². The molecule has 0 rings (SSSR count). The molecule has 0 amide bonds. The Labute approximate surface area is 126 Å². The third kappa shape index (κ3) is 1.07. The summed E-state index contributed by atoms with van der Waals surface area (Å²) in [5, 5.41) is 63.3. The van der Waals surface area contributed by atoms with E-state index in [9.17, 15) is 60.7 Å². The van der Waals surface area contributed by atoms with Gasteiger partial charge in [0.1, 0.15) is 0 Å². The monoisotopic (exact) mass is 403 g/mol. The van der Waals surface area contributed by atoms with Crippen molar-refractivity contribution >= 4 is 29.6 Å². The summed E-state index contributed by atoms with van der Waals surface area (Å²) in [5.41, 5.74) is 0. The van der Waals surface area contributed by atoms with Crippen LogP contribution in [0.15, 0.2) is 0 Å². The van der Waals surface area contributed by atoms with Crippen LogP contribution < -0.4 is 0 Å².